The molecule has 1 aliphatic rings. The highest BCUT2D eigenvalue weighted by Gasteiger charge is 2.53. The van der Waals surface area contributed by atoms with Crippen LogP contribution in [0.15, 0.2) is 0 Å². The van der Waals surface area contributed by atoms with Crippen molar-refractivity contribution in [2.75, 3.05) is 13.2 Å². The second kappa shape index (κ2) is 7.65. The molecule has 1 saturated carbocycles. The summed E-state index contributed by atoms with van der Waals surface area (Å²) in [6.45, 7) is 8.23. The molecule has 0 aromatic carbocycles. The van der Waals surface area contributed by atoms with Crippen LogP contribution in [-0.2, 0) is 19.1 Å². The Bertz CT molecular complexity index is 311. The Morgan fingerprint density at radius 3 is 1.75 bits per heavy atom. The maximum atomic E-state index is 12.5. The molecular formula is C16H28O4. The molecule has 116 valence electrons. The fraction of sp³-hybridized carbons (Fsp3) is 0.875. The van der Waals surface area contributed by atoms with Gasteiger partial charge in [0.2, 0.25) is 0 Å². The van der Waals surface area contributed by atoms with E-state index in [0.717, 1.165) is 25.7 Å². The molecule has 4 nitrogen and oxygen atoms in total. The average Bonchev–Trinajstić information content (AvgIpc) is 2.43. The molecule has 1 aliphatic carbocycles. The molecule has 0 radical (unpaired) electrons. The fourth-order valence-electron chi connectivity index (χ4n) is 3.27. The van der Waals surface area contributed by atoms with Crippen LogP contribution in [0.5, 0.6) is 0 Å². The van der Waals surface area contributed by atoms with Gasteiger partial charge in [0.15, 0.2) is 5.41 Å². The van der Waals surface area contributed by atoms with Crippen molar-refractivity contribution in [1.29, 1.82) is 0 Å². The Labute approximate surface area is 122 Å². The highest BCUT2D eigenvalue weighted by molar-refractivity contribution is 6.00. The number of carbonyl (C=O) groups excluding carboxylic acids is 2. The number of rotatable bonds is 6. The normalized spacial score (nSPS) is 23.2. The summed E-state index contributed by atoms with van der Waals surface area (Å²) in [5.41, 5.74) is -1.10. The van der Waals surface area contributed by atoms with Gasteiger partial charge in [-0.2, -0.15) is 0 Å². The molecule has 0 aromatic rings. The molecule has 20 heavy (non-hydrogen) atoms. The maximum Gasteiger partial charge on any atom is 0.323 e. The Hall–Kier alpha value is -1.06. The molecule has 4 heteroatoms. The Kier molecular flexibility index (Phi) is 6.50. The van der Waals surface area contributed by atoms with E-state index in [1.54, 1.807) is 13.8 Å². The van der Waals surface area contributed by atoms with Crippen LogP contribution in [0.1, 0.15) is 59.8 Å². The van der Waals surface area contributed by atoms with Crippen molar-refractivity contribution in [2.24, 2.45) is 17.3 Å². The van der Waals surface area contributed by atoms with E-state index in [0.29, 0.717) is 25.6 Å². The van der Waals surface area contributed by atoms with E-state index in [4.69, 9.17) is 9.47 Å². The van der Waals surface area contributed by atoms with Gasteiger partial charge in [0.25, 0.3) is 0 Å². The maximum absolute atomic E-state index is 12.5. The van der Waals surface area contributed by atoms with Gasteiger partial charge in [0.05, 0.1) is 13.2 Å². The zero-order valence-electron chi connectivity index (χ0n) is 13.2. The van der Waals surface area contributed by atoms with Crippen LogP contribution in [0.4, 0.5) is 0 Å². The lowest BCUT2D eigenvalue weighted by Gasteiger charge is -2.39. The first-order valence-corrected chi connectivity index (χ1v) is 7.87. The molecule has 0 N–H and O–H groups in total. The SMILES string of the molecule is CCOC(=O)C(CC)(C(=O)OCC)C1CCC(C)CC1. The lowest BCUT2D eigenvalue weighted by molar-refractivity contribution is -0.178. The van der Waals surface area contributed by atoms with Crippen LogP contribution < -0.4 is 0 Å². The molecule has 0 aromatic heterocycles. The second-order valence-electron chi connectivity index (χ2n) is 5.72. The van der Waals surface area contributed by atoms with E-state index < -0.39 is 17.4 Å². The van der Waals surface area contributed by atoms with Crippen LogP contribution in [0.3, 0.4) is 0 Å². The van der Waals surface area contributed by atoms with Gasteiger partial charge in [0, 0.05) is 0 Å². The number of ether oxygens (including phenoxy) is 2. The minimum Gasteiger partial charge on any atom is -0.465 e. The zero-order chi connectivity index (χ0) is 15.2. The molecular weight excluding hydrogens is 256 g/mol. The van der Waals surface area contributed by atoms with Crippen LogP contribution in [0.25, 0.3) is 0 Å². The lowest BCUT2D eigenvalue weighted by atomic mass is 9.65. The third-order valence-electron chi connectivity index (χ3n) is 4.55. The third-order valence-corrected chi connectivity index (χ3v) is 4.55. The molecule has 0 aliphatic heterocycles. The minimum absolute atomic E-state index is 0.0433. The predicted octanol–water partition coefficient (Wildman–Crippen LogP) is 3.34. The van der Waals surface area contributed by atoms with Crippen molar-refractivity contribution < 1.29 is 19.1 Å². The summed E-state index contributed by atoms with van der Waals surface area (Å²) in [7, 11) is 0. The third kappa shape index (κ3) is 3.33. The molecule has 0 heterocycles. The molecule has 0 bridgehead atoms. The second-order valence-corrected chi connectivity index (χ2v) is 5.72. The number of hydrogen-bond donors (Lipinski definition) is 0. The summed E-state index contributed by atoms with van der Waals surface area (Å²) in [6.07, 6.45) is 4.36. The molecule has 0 atom stereocenters. The summed E-state index contributed by atoms with van der Waals surface area (Å²) in [5.74, 6) is -0.0898. The van der Waals surface area contributed by atoms with E-state index in [2.05, 4.69) is 6.92 Å². The smallest absolute Gasteiger partial charge is 0.323 e. The van der Waals surface area contributed by atoms with Crippen molar-refractivity contribution in [3.63, 3.8) is 0 Å². The molecule has 1 fully saturated rings. The summed E-state index contributed by atoms with van der Waals surface area (Å²) in [5, 5.41) is 0. The van der Waals surface area contributed by atoms with Crippen molar-refractivity contribution in [3.8, 4) is 0 Å². The van der Waals surface area contributed by atoms with Crippen LogP contribution in [0, 0.1) is 17.3 Å². The largest absolute Gasteiger partial charge is 0.465 e. The average molecular weight is 284 g/mol. The van der Waals surface area contributed by atoms with Crippen molar-refractivity contribution in [1.82, 2.24) is 0 Å². The van der Waals surface area contributed by atoms with E-state index >= 15 is 0 Å². The summed E-state index contributed by atoms with van der Waals surface area (Å²) < 4.78 is 10.4. The van der Waals surface area contributed by atoms with Gasteiger partial charge in [-0.05, 0) is 44.9 Å². The predicted molar refractivity (Wildman–Crippen MR) is 77.1 cm³/mol. The van der Waals surface area contributed by atoms with Crippen LogP contribution in [-0.4, -0.2) is 25.2 Å². The Morgan fingerprint density at radius 1 is 0.950 bits per heavy atom. The zero-order valence-corrected chi connectivity index (χ0v) is 13.2. The van der Waals surface area contributed by atoms with Crippen molar-refractivity contribution in [2.45, 2.75) is 59.8 Å². The van der Waals surface area contributed by atoms with Gasteiger partial charge in [-0.1, -0.05) is 26.7 Å². The number of esters is 2. The molecule has 0 amide bonds. The van der Waals surface area contributed by atoms with Gasteiger partial charge in [-0.15, -0.1) is 0 Å². The Balaban J connectivity index is 3.03. The van der Waals surface area contributed by atoms with Gasteiger partial charge in [-0.3, -0.25) is 9.59 Å². The summed E-state index contributed by atoms with van der Waals surface area (Å²) in [6, 6.07) is 0. The van der Waals surface area contributed by atoms with E-state index in [9.17, 15) is 9.59 Å². The molecule has 0 saturated heterocycles. The highest BCUT2D eigenvalue weighted by Crippen LogP contribution is 2.44. The molecule has 0 spiro atoms. The summed E-state index contributed by atoms with van der Waals surface area (Å²) >= 11 is 0. The standard InChI is InChI=1S/C16H28O4/c1-5-16(14(17)19-6-2,15(18)20-7-3)13-10-8-12(4)9-11-13/h12-13H,5-11H2,1-4H3. The van der Waals surface area contributed by atoms with E-state index in [-0.39, 0.29) is 5.92 Å². The van der Waals surface area contributed by atoms with Gasteiger partial charge in [0.1, 0.15) is 0 Å². The fourth-order valence-corrected chi connectivity index (χ4v) is 3.27. The summed E-state index contributed by atoms with van der Waals surface area (Å²) in [4.78, 5) is 24.9. The van der Waals surface area contributed by atoms with Gasteiger partial charge >= 0.3 is 11.9 Å². The van der Waals surface area contributed by atoms with Gasteiger partial charge < -0.3 is 9.47 Å². The first-order valence-electron chi connectivity index (χ1n) is 7.87. The molecule has 0 unspecified atom stereocenters. The first-order chi connectivity index (χ1) is 9.52. The first kappa shape index (κ1) is 17.0. The molecule has 1 rings (SSSR count). The monoisotopic (exact) mass is 284 g/mol. The van der Waals surface area contributed by atoms with Crippen LogP contribution in [0.2, 0.25) is 0 Å². The number of hydrogen-bond acceptors (Lipinski definition) is 4. The van der Waals surface area contributed by atoms with E-state index in [1.807, 2.05) is 6.92 Å². The van der Waals surface area contributed by atoms with Gasteiger partial charge in [-0.25, -0.2) is 0 Å². The highest BCUT2D eigenvalue weighted by atomic mass is 16.6. The number of carbonyl (C=O) groups is 2. The van der Waals surface area contributed by atoms with Crippen LogP contribution >= 0.6 is 0 Å². The van der Waals surface area contributed by atoms with Crippen molar-refractivity contribution in [3.05, 3.63) is 0 Å². The topological polar surface area (TPSA) is 52.6 Å². The van der Waals surface area contributed by atoms with Crippen molar-refractivity contribution >= 4 is 11.9 Å². The minimum atomic E-state index is -1.10. The van der Waals surface area contributed by atoms with E-state index in [1.165, 1.54) is 0 Å². The lowest BCUT2D eigenvalue weighted by Crippen LogP contribution is -2.48. The quantitative estimate of drug-likeness (QED) is 0.554. The Morgan fingerprint density at radius 2 is 1.40 bits per heavy atom.